The molecule has 2 rings (SSSR count). The summed E-state index contributed by atoms with van der Waals surface area (Å²) in [6.45, 7) is 9.44. The Morgan fingerprint density at radius 2 is 1.81 bits per heavy atom. The van der Waals surface area contributed by atoms with Crippen LogP contribution in [-0.4, -0.2) is 45.2 Å². The molecule has 1 saturated heterocycles. The van der Waals surface area contributed by atoms with Gasteiger partial charge in [0.15, 0.2) is 14.6 Å². The van der Waals surface area contributed by atoms with E-state index in [0.29, 0.717) is 24.4 Å². The molecule has 2 unspecified atom stereocenters. The van der Waals surface area contributed by atoms with Crippen molar-refractivity contribution in [3.63, 3.8) is 0 Å². The number of ether oxygens (including phenoxy) is 3. The lowest BCUT2D eigenvalue weighted by atomic mass is 9.84. The highest BCUT2D eigenvalue weighted by Gasteiger charge is 2.42. The van der Waals surface area contributed by atoms with Crippen LogP contribution in [0.2, 0.25) is 18.1 Å². The molecule has 2 fully saturated rings. The van der Waals surface area contributed by atoms with Gasteiger partial charge in [-0.15, -0.1) is 0 Å². The van der Waals surface area contributed by atoms with Gasteiger partial charge >= 0.3 is 5.97 Å². The van der Waals surface area contributed by atoms with E-state index in [1.165, 1.54) is 39.2 Å². The van der Waals surface area contributed by atoms with E-state index < -0.39 is 8.32 Å². The van der Waals surface area contributed by atoms with Gasteiger partial charge in [0.25, 0.3) is 0 Å². The van der Waals surface area contributed by atoms with E-state index in [1.807, 2.05) is 0 Å². The summed E-state index contributed by atoms with van der Waals surface area (Å²) < 4.78 is 17.1. The maximum absolute atomic E-state index is 11.3. The highest BCUT2D eigenvalue weighted by atomic mass is 28.4. The third kappa shape index (κ3) is 8.79. The minimum Gasteiger partial charge on any atom is -0.469 e. The van der Waals surface area contributed by atoms with Crippen LogP contribution in [0.15, 0.2) is 0 Å². The third-order valence-electron chi connectivity index (χ3n) is 8.06. The van der Waals surface area contributed by atoms with Gasteiger partial charge in [-0.05, 0) is 81.3 Å². The normalized spacial score (nSPS) is 27.4. The molecule has 6 heteroatoms. The van der Waals surface area contributed by atoms with Crippen LogP contribution >= 0.6 is 0 Å². The first kappa shape index (κ1) is 26.8. The number of methoxy groups -OCH3 is 1. The predicted octanol–water partition coefficient (Wildman–Crippen LogP) is 6.20. The first-order valence-corrected chi connectivity index (χ1v) is 15.6. The molecule has 0 aromatic carbocycles. The van der Waals surface area contributed by atoms with E-state index in [1.54, 1.807) is 0 Å². The molecule has 0 aromatic heterocycles. The van der Waals surface area contributed by atoms with E-state index in [-0.39, 0.29) is 17.3 Å². The fourth-order valence-corrected chi connectivity index (χ4v) is 5.79. The number of carbonyl (C=O) groups excluding carboxylic acids is 1. The molecule has 31 heavy (non-hydrogen) atoms. The van der Waals surface area contributed by atoms with Crippen molar-refractivity contribution in [2.45, 2.75) is 128 Å². The van der Waals surface area contributed by atoms with E-state index >= 15 is 0 Å². The van der Waals surface area contributed by atoms with Gasteiger partial charge in [-0.2, -0.15) is 0 Å². The fourth-order valence-electron chi connectivity index (χ4n) is 5.04. The summed E-state index contributed by atoms with van der Waals surface area (Å²) in [5.41, 5.74) is 0. The molecule has 1 aliphatic carbocycles. The minimum atomic E-state index is -2.20. The van der Waals surface area contributed by atoms with Gasteiger partial charge in [0.2, 0.25) is 0 Å². The van der Waals surface area contributed by atoms with E-state index in [9.17, 15) is 9.59 Å². The maximum Gasteiger partial charge on any atom is 0.305 e. The van der Waals surface area contributed by atoms with Gasteiger partial charge in [0.1, 0.15) is 0 Å². The Hall–Kier alpha value is -0.433. The summed E-state index contributed by atoms with van der Waals surface area (Å²) in [5, 5.41) is 0.0138. The number of esters is 1. The van der Waals surface area contributed by atoms with Crippen molar-refractivity contribution in [3.8, 4) is 0 Å². The van der Waals surface area contributed by atoms with Crippen LogP contribution in [0, 0.1) is 11.8 Å². The first-order chi connectivity index (χ1) is 14.6. The Kier molecular flexibility index (Phi) is 11.0. The number of hydrogen-bond donors (Lipinski definition) is 1. The summed E-state index contributed by atoms with van der Waals surface area (Å²) in [7, 11) is -0.740. The summed E-state index contributed by atoms with van der Waals surface area (Å²) in [6.07, 6.45) is 14.4. The number of carbonyl (C=O) groups is 1. The predicted molar refractivity (Wildman–Crippen MR) is 127 cm³/mol. The average Bonchev–Trinajstić information content (AvgIpc) is 3.10. The molecule has 0 aromatic rings. The van der Waals surface area contributed by atoms with Crippen molar-refractivity contribution in [2.75, 3.05) is 13.7 Å². The zero-order chi connectivity index (χ0) is 22.9. The summed E-state index contributed by atoms with van der Waals surface area (Å²) in [6, 6.07) is 0. The Balaban J connectivity index is 1.86. The molecular weight excluding hydrogens is 408 g/mol. The monoisotopic (exact) mass is 456 g/mol. The SMILES string of the molecule is COC(=O)CCCCCCC1CC[C@@H](OC2CCCCO2)[C@@H]1CCC(C)(C)[Si](C)(C)O. The smallest absolute Gasteiger partial charge is 0.305 e. The third-order valence-corrected chi connectivity index (χ3v) is 11.6. The second-order valence-corrected chi connectivity index (χ2v) is 15.5. The molecule has 1 N–H and O–H groups in total. The van der Waals surface area contributed by atoms with Crippen LogP contribution < -0.4 is 0 Å². The zero-order valence-corrected chi connectivity index (χ0v) is 21.8. The minimum absolute atomic E-state index is 0.0138. The van der Waals surface area contributed by atoms with Gasteiger partial charge in [0, 0.05) is 13.0 Å². The van der Waals surface area contributed by atoms with Crippen molar-refractivity contribution in [2.24, 2.45) is 11.8 Å². The lowest BCUT2D eigenvalue weighted by Gasteiger charge is -2.37. The first-order valence-electron chi connectivity index (χ1n) is 12.7. The van der Waals surface area contributed by atoms with Crippen LogP contribution in [0.4, 0.5) is 0 Å². The second kappa shape index (κ2) is 12.7. The summed E-state index contributed by atoms with van der Waals surface area (Å²) in [5.74, 6) is 1.17. The molecule has 0 spiro atoms. The average molecular weight is 457 g/mol. The largest absolute Gasteiger partial charge is 0.469 e. The molecule has 1 aliphatic heterocycles. The Morgan fingerprint density at radius 1 is 1.06 bits per heavy atom. The second-order valence-electron chi connectivity index (χ2n) is 11.0. The van der Waals surface area contributed by atoms with Crippen molar-refractivity contribution in [3.05, 3.63) is 0 Å². The Labute approximate surface area is 191 Å². The van der Waals surface area contributed by atoms with Gasteiger partial charge in [0.05, 0.1) is 13.2 Å². The Morgan fingerprint density at radius 3 is 2.45 bits per heavy atom. The highest BCUT2D eigenvalue weighted by molar-refractivity contribution is 6.72. The van der Waals surface area contributed by atoms with Crippen molar-refractivity contribution < 1.29 is 23.8 Å². The quantitative estimate of drug-likeness (QED) is 0.203. The van der Waals surface area contributed by atoms with Crippen molar-refractivity contribution in [1.82, 2.24) is 0 Å². The number of unbranched alkanes of at least 4 members (excludes halogenated alkanes) is 3. The molecule has 1 heterocycles. The van der Waals surface area contributed by atoms with E-state index in [4.69, 9.17) is 14.2 Å². The zero-order valence-electron chi connectivity index (χ0n) is 20.8. The van der Waals surface area contributed by atoms with Gasteiger partial charge in [-0.1, -0.05) is 39.5 Å². The molecule has 0 bridgehead atoms. The molecule has 0 radical (unpaired) electrons. The number of rotatable bonds is 13. The van der Waals surface area contributed by atoms with Crippen LogP contribution in [-0.2, 0) is 19.0 Å². The summed E-state index contributed by atoms with van der Waals surface area (Å²) in [4.78, 5) is 22.0. The summed E-state index contributed by atoms with van der Waals surface area (Å²) >= 11 is 0. The van der Waals surface area contributed by atoms with Crippen LogP contribution in [0.25, 0.3) is 0 Å². The fraction of sp³-hybridized carbons (Fsp3) is 0.960. The standard InChI is InChI=1S/C25H48O5Si/c1-25(2,31(4,5)27)18-17-21-20(12-8-6-7-9-13-23(26)28-3)15-16-22(21)30-24-14-10-11-19-29-24/h20-22,24,27H,6-19H2,1-5H3/t20?,21-,22-,24?/m1/s1. The van der Waals surface area contributed by atoms with Crippen LogP contribution in [0.1, 0.15) is 97.3 Å². The lowest BCUT2D eigenvalue weighted by Crippen LogP contribution is -2.40. The molecule has 182 valence electrons. The molecule has 1 saturated carbocycles. The van der Waals surface area contributed by atoms with Gasteiger partial charge in [-0.25, -0.2) is 0 Å². The molecule has 5 nitrogen and oxygen atoms in total. The molecule has 2 aliphatic rings. The van der Waals surface area contributed by atoms with Crippen molar-refractivity contribution in [1.29, 1.82) is 0 Å². The van der Waals surface area contributed by atoms with Crippen LogP contribution in [0.3, 0.4) is 0 Å². The lowest BCUT2D eigenvalue weighted by molar-refractivity contribution is -0.196. The van der Waals surface area contributed by atoms with Gasteiger partial charge < -0.3 is 19.0 Å². The van der Waals surface area contributed by atoms with E-state index in [2.05, 4.69) is 26.9 Å². The Bertz CT molecular complexity index is 524. The highest BCUT2D eigenvalue weighted by Crippen LogP contribution is 2.46. The van der Waals surface area contributed by atoms with Crippen LogP contribution in [0.5, 0.6) is 0 Å². The van der Waals surface area contributed by atoms with E-state index in [0.717, 1.165) is 51.6 Å². The number of hydrogen-bond acceptors (Lipinski definition) is 5. The topological polar surface area (TPSA) is 65.0 Å². The molecule has 4 atom stereocenters. The molecular formula is C25H48O5Si. The molecule has 0 amide bonds. The maximum atomic E-state index is 11.3. The van der Waals surface area contributed by atoms with Gasteiger partial charge in [-0.3, -0.25) is 4.79 Å². The van der Waals surface area contributed by atoms with Crippen molar-refractivity contribution >= 4 is 14.3 Å².